The highest BCUT2D eigenvalue weighted by Crippen LogP contribution is 2.21. The van der Waals surface area contributed by atoms with Crippen LogP contribution < -0.4 is 0 Å². The van der Waals surface area contributed by atoms with E-state index in [1.54, 1.807) is 13.0 Å². The fraction of sp³-hybridized carbons (Fsp3) is 0.263. The molecule has 2 aromatic heterocycles. The Kier molecular flexibility index (Phi) is 5.07. The topological polar surface area (TPSA) is 92.2 Å². The van der Waals surface area contributed by atoms with Crippen LogP contribution in [0, 0.1) is 30.9 Å². The van der Waals surface area contributed by atoms with Crippen LogP contribution >= 0.6 is 0 Å². The van der Waals surface area contributed by atoms with Crippen molar-refractivity contribution in [3.05, 3.63) is 75.5 Å². The van der Waals surface area contributed by atoms with E-state index in [4.69, 9.17) is 4.74 Å². The molecule has 8 nitrogen and oxygen atoms in total. The lowest BCUT2D eigenvalue weighted by molar-refractivity contribution is -0.392. The molecule has 0 N–H and O–H groups in total. The molecule has 1 aromatic carbocycles. The number of nitrogens with zero attached hydrogens (tertiary/aromatic N) is 4. The number of nitro groups is 1. The van der Waals surface area contributed by atoms with Crippen LogP contribution in [0.3, 0.4) is 0 Å². The van der Waals surface area contributed by atoms with Gasteiger partial charge >= 0.3 is 11.8 Å². The molecule has 0 saturated heterocycles. The Morgan fingerprint density at radius 2 is 1.93 bits per heavy atom. The summed E-state index contributed by atoms with van der Waals surface area (Å²) >= 11 is 0. The molecule has 3 aromatic rings. The van der Waals surface area contributed by atoms with Crippen molar-refractivity contribution in [2.45, 2.75) is 27.3 Å². The van der Waals surface area contributed by atoms with Gasteiger partial charge in [-0.2, -0.15) is 0 Å². The highest BCUT2D eigenvalue weighted by Gasteiger charge is 2.20. The van der Waals surface area contributed by atoms with Gasteiger partial charge in [0.25, 0.3) is 0 Å². The number of imidazole rings is 1. The number of benzene rings is 1. The second-order valence-electron chi connectivity index (χ2n) is 6.16. The summed E-state index contributed by atoms with van der Waals surface area (Å²) in [5.74, 6) is -0.0727. The van der Waals surface area contributed by atoms with Crippen LogP contribution in [0.5, 0.6) is 0 Å². The second kappa shape index (κ2) is 7.45. The summed E-state index contributed by atoms with van der Waals surface area (Å²) in [6, 6.07) is 11.5. The molecule has 0 aliphatic rings. The van der Waals surface area contributed by atoms with Crippen LogP contribution in [-0.4, -0.2) is 31.6 Å². The van der Waals surface area contributed by atoms with Gasteiger partial charge in [0.2, 0.25) is 0 Å². The van der Waals surface area contributed by atoms with E-state index in [1.165, 1.54) is 10.8 Å². The maximum Gasteiger partial charge on any atom is 0.342 e. The SMILES string of the molecule is Cc1ncc([N+](=O)[O-])n1CCOC(=O)c1cc(C)n(-c2ccccc2)c1C. The molecule has 0 fully saturated rings. The van der Waals surface area contributed by atoms with Gasteiger partial charge in [0, 0.05) is 24.0 Å². The molecule has 0 aliphatic carbocycles. The molecule has 3 rings (SSSR count). The molecule has 0 spiro atoms. The van der Waals surface area contributed by atoms with Crippen molar-refractivity contribution < 1.29 is 14.5 Å². The lowest BCUT2D eigenvalue weighted by Crippen LogP contribution is -2.14. The predicted octanol–water partition coefficient (Wildman–Crippen LogP) is 3.36. The standard InChI is InChI=1S/C19H20N4O4/c1-13-11-17(14(2)22(13)16-7-5-4-6-8-16)19(24)27-10-9-21-15(3)20-12-18(21)23(25)26/h4-8,11-12H,9-10H2,1-3H3. The Labute approximate surface area is 156 Å². The molecule has 140 valence electrons. The molecule has 0 radical (unpaired) electrons. The first-order valence-corrected chi connectivity index (χ1v) is 8.48. The number of para-hydroxylation sites is 1. The zero-order chi connectivity index (χ0) is 19.6. The van der Waals surface area contributed by atoms with Crippen LogP contribution in [-0.2, 0) is 11.3 Å². The van der Waals surface area contributed by atoms with Crippen molar-refractivity contribution in [1.82, 2.24) is 14.1 Å². The van der Waals surface area contributed by atoms with Gasteiger partial charge in [-0.3, -0.25) is 0 Å². The van der Waals surface area contributed by atoms with Crippen molar-refractivity contribution in [1.29, 1.82) is 0 Å². The Morgan fingerprint density at radius 1 is 1.22 bits per heavy atom. The summed E-state index contributed by atoms with van der Waals surface area (Å²) in [7, 11) is 0. The molecule has 8 heteroatoms. The second-order valence-corrected chi connectivity index (χ2v) is 6.16. The Balaban J connectivity index is 1.73. The largest absolute Gasteiger partial charge is 0.458 e. The van der Waals surface area contributed by atoms with Crippen molar-refractivity contribution in [2.75, 3.05) is 6.61 Å². The summed E-state index contributed by atoms with van der Waals surface area (Å²) in [6.45, 7) is 5.65. The average molecular weight is 368 g/mol. The monoisotopic (exact) mass is 368 g/mol. The molecule has 0 atom stereocenters. The lowest BCUT2D eigenvalue weighted by atomic mass is 10.2. The number of aryl methyl sites for hydroxylation is 2. The summed E-state index contributed by atoms with van der Waals surface area (Å²) in [6.07, 6.45) is 1.20. The fourth-order valence-electron chi connectivity index (χ4n) is 3.13. The minimum atomic E-state index is -0.505. The molecular weight excluding hydrogens is 348 g/mol. The van der Waals surface area contributed by atoms with E-state index in [2.05, 4.69) is 4.98 Å². The molecular formula is C19H20N4O4. The van der Waals surface area contributed by atoms with Crippen LogP contribution in [0.1, 0.15) is 27.6 Å². The third-order valence-electron chi connectivity index (χ3n) is 4.43. The van der Waals surface area contributed by atoms with Crippen molar-refractivity contribution in [3.8, 4) is 5.69 Å². The van der Waals surface area contributed by atoms with Crippen LogP contribution in [0.25, 0.3) is 5.69 Å². The first-order chi connectivity index (χ1) is 12.9. The summed E-state index contributed by atoms with van der Waals surface area (Å²) in [5.41, 5.74) is 3.16. The van der Waals surface area contributed by atoms with Gasteiger partial charge in [0.05, 0.1) is 5.56 Å². The third-order valence-corrected chi connectivity index (χ3v) is 4.43. The summed E-state index contributed by atoms with van der Waals surface area (Å²) in [5, 5.41) is 11.0. The van der Waals surface area contributed by atoms with Gasteiger partial charge in [0.1, 0.15) is 19.3 Å². The molecule has 27 heavy (non-hydrogen) atoms. The van der Waals surface area contributed by atoms with E-state index in [0.717, 1.165) is 17.1 Å². The van der Waals surface area contributed by atoms with Crippen molar-refractivity contribution >= 4 is 11.8 Å². The highest BCUT2D eigenvalue weighted by atomic mass is 16.6. The van der Waals surface area contributed by atoms with E-state index in [-0.39, 0.29) is 19.0 Å². The number of hydrogen-bond acceptors (Lipinski definition) is 5. The van der Waals surface area contributed by atoms with Gasteiger partial charge in [0.15, 0.2) is 5.82 Å². The maximum atomic E-state index is 12.5. The average Bonchev–Trinajstić information content (AvgIpc) is 3.15. The summed E-state index contributed by atoms with van der Waals surface area (Å²) in [4.78, 5) is 26.9. The molecule has 0 amide bonds. The van der Waals surface area contributed by atoms with Gasteiger partial charge in [-0.05, 0) is 37.0 Å². The maximum absolute atomic E-state index is 12.5. The molecule has 2 heterocycles. The zero-order valence-electron chi connectivity index (χ0n) is 15.4. The Morgan fingerprint density at radius 3 is 2.59 bits per heavy atom. The zero-order valence-corrected chi connectivity index (χ0v) is 15.4. The molecule has 0 unspecified atom stereocenters. The number of aromatic nitrogens is 3. The smallest absolute Gasteiger partial charge is 0.342 e. The normalized spacial score (nSPS) is 10.8. The van der Waals surface area contributed by atoms with Crippen molar-refractivity contribution in [3.63, 3.8) is 0 Å². The van der Waals surface area contributed by atoms with Crippen LogP contribution in [0.15, 0.2) is 42.6 Å². The highest BCUT2D eigenvalue weighted by molar-refractivity contribution is 5.91. The minimum Gasteiger partial charge on any atom is -0.458 e. The van der Waals surface area contributed by atoms with Gasteiger partial charge in [-0.15, -0.1) is 0 Å². The van der Waals surface area contributed by atoms with E-state index < -0.39 is 10.9 Å². The molecule has 0 saturated carbocycles. The Bertz CT molecular complexity index is 989. The van der Waals surface area contributed by atoms with E-state index in [1.807, 2.05) is 48.7 Å². The quantitative estimate of drug-likeness (QED) is 0.378. The first-order valence-electron chi connectivity index (χ1n) is 8.48. The van der Waals surface area contributed by atoms with E-state index in [0.29, 0.717) is 11.4 Å². The van der Waals surface area contributed by atoms with Crippen molar-refractivity contribution in [2.24, 2.45) is 0 Å². The first kappa shape index (κ1) is 18.4. The van der Waals surface area contributed by atoms with Gasteiger partial charge < -0.3 is 19.4 Å². The molecule has 0 bridgehead atoms. The lowest BCUT2D eigenvalue weighted by Gasteiger charge is -2.09. The Hall–Kier alpha value is -3.42. The number of hydrogen-bond donors (Lipinski definition) is 0. The number of esters is 1. The third kappa shape index (κ3) is 3.59. The van der Waals surface area contributed by atoms with Gasteiger partial charge in [-0.1, -0.05) is 18.2 Å². The predicted molar refractivity (Wildman–Crippen MR) is 99.1 cm³/mol. The number of ether oxygens (including phenoxy) is 1. The summed E-state index contributed by atoms with van der Waals surface area (Å²) < 4.78 is 8.76. The number of carbonyl (C=O) groups is 1. The number of rotatable bonds is 6. The number of carbonyl (C=O) groups excluding carboxylic acids is 1. The molecule has 0 aliphatic heterocycles. The van der Waals surface area contributed by atoms with E-state index >= 15 is 0 Å². The van der Waals surface area contributed by atoms with Gasteiger partial charge in [-0.25, -0.2) is 14.3 Å². The fourth-order valence-corrected chi connectivity index (χ4v) is 3.13. The minimum absolute atomic E-state index is 0.0197. The van der Waals surface area contributed by atoms with Crippen LogP contribution in [0.2, 0.25) is 0 Å². The van der Waals surface area contributed by atoms with E-state index in [9.17, 15) is 14.9 Å². The van der Waals surface area contributed by atoms with Crippen LogP contribution in [0.4, 0.5) is 5.82 Å².